The molecule has 0 saturated heterocycles. The highest BCUT2D eigenvalue weighted by atomic mass is 16.3. The number of hydrogen-bond acceptors (Lipinski definition) is 2. The maximum atomic E-state index is 8.42. The molecule has 0 amide bonds. The van der Waals surface area contributed by atoms with Crippen LogP contribution in [0.15, 0.2) is 12.7 Å². The zero-order chi connectivity index (χ0) is 7.70. The molecular formula is C7H16O2. The quantitative estimate of drug-likeness (QED) is 0.558. The van der Waals surface area contributed by atoms with Gasteiger partial charge in [0.25, 0.3) is 0 Å². The lowest BCUT2D eigenvalue weighted by Crippen LogP contribution is -1.96. The Morgan fingerprint density at radius 2 is 2.00 bits per heavy atom. The highest BCUT2D eigenvalue weighted by Crippen LogP contribution is 1.97. The van der Waals surface area contributed by atoms with Crippen LogP contribution in [0.25, 0.3) is 0 Å². The van der Waals surface area contributed by atoms with Gasteiger partial charge in [0.05, 0.1) is 0 Å². The highest BCUT2D eigenvalue weighted by molar-refractivity contribution is 4.69. The Balaban J connectivity index is 0. The molecule has 0 aromatic heterocycles. The summed E-state index contributed by atoms with van der Waals surface area (Å²) in [6, 6.07) is 0. The van der Waals surface area contributed by atoms with Crippen molar-refractivity contribution in [3.05, 3.63) is 12.7 Å². The summed E-state index contributed by atoms with van der Waals surface area (Å²) in [6.07, 6.45) is 2.73. The van der Waals surface area contributed by atoms with Crippen molar-refractivity contribution in [1.29, 1.82) is 0 Å². The first kappa shape index (κ1) is 11.5. The van der Waals surface area contributed by atoms with E-state index in [9.17, 15) is 0 Å². The number of hydrogen-bond donors (Lipinski definition) is 2. The molecule has 0 saturated carbocycles. The monoisotopic (exact) mass is 132 g/mol. The number of aliphatic hydroxyl groups excluding tert-OH is 2. The van der Waals surface area contributed by atoms with Crippen LogP contribution in [0.5, 0.6) is 0 Å². The van der Waals surface area contributed by atoms with Crippen molar-refractivity contribution in [3.8, 4) is 0 Å². The van der Waals surface area contributed by atoms with Gasteiger partial charge < -0.3 is 10.2 Å². The third kappa shape index (κ3) is 11.3. The molecule has 9 heavy (non-hydrogen) atoms. The van der Waals surface area contributed by atoms with Crippen LogP contribution in [-0.4, -0.2) is 23.9 Å². The fourth-order valence-corrected chi connectivity index (χ4v) is 0.359. The molecule has 1 atom stereocenters. The van der Waals surface area contributed by atoms with E-state index >= 15 is 0 Å². The van der Waals surface area contributed by atoms with E-state index in [0.717, 1.165) is 13.5 Å². The Kier molecular flexibility index (Phi) is 13.5. The van der Waals surface area contributed by atoms with E-state index in [1.54, 1.807) is 0 Å². The molecule has 0 aromatic carbocycles. The van der Waals surface area contributed by atoms with Crippen molar-refractivity contribution in [2.75, 3.05) is 13.7 Å². The minimum atomic E-state index is 0.270. The van der Waals surface area contributed by atoms with Crippen molar-refractivity contribution < 1.29 is 10.2 Å². The molecule has 2 nitrogen and oxygen atoms in total. The second-order valence-corrected chi connectivity index (χ2v) is 1.81. The van der Waals surface area contributed by atoms with Crippen LogP contribution in [0.1, 0.15) is 13.3 Å². The first-order chi connectivity index (χ1) is 4.31. The maximum absolute atomic E-state index is 8.42. The van der Waals surface area contributed by atoms with Gasteiger partial charge in [0.1, 0.15) is 0 Å². The molecule has 0 rings (SSSR count). The van der Waals surface area contributed by atoms with Crippen LogP contribution >= 0.6 is 0 Å². The third-order valence-corrected chi connectivity index (χ3v) is 0.881. The zero-order valence-corrected chi connectivity index (χ0v) is 6.17. The summed E-state index contributed by atoms with van der Waals surface area (Å²) in [5.41, 5.74) is 0. The Hall–Kier alpha value is -0.340. The second kappa shape index (κ2) is 10.6. The highest BCUT2D eigenvalue weighted by Gasteiger charge is 1.92. The Morgan fingerprint density at radius 3 is 2.11 bits per heavy atom. The lowest BCUT2D eigenvalue weighted by Gasteiger charge is -1.99. The first-order valence-electron chi connectivity index (χ1n) is 2.97. The average molecular weight is 132 g/mol. The van der Waals surface area contributed by atoms with Crippen molar-refractivity contribution in [2.24, 2.45) is 5.92 Å². The van der Waals surface area contributed by atoms with Gasteiger partial charge in [-0.15, -0.1) is 6.58 Å². The minimum absolute atomic E-state index is 0.270. The second-order valence-electron chi connectivity index (χ2n) is 1.81. The summed E-state index contributed by atoms with van der Waals surface area (Å²) in [4.78, 5) is 0. The van der Waals surface area contributed by atoms with E-state index in [-0.39, 0.29) is 6.61 Å². The molecule has 0 aliphatic carbocycles. The largest absolute Gasteiger partial charge is 0.400 e. The molecule has 0 fully saturated rings. The van der Waals surface area contributed by atoms with Crippen LogP contribution in [0.4, 0.5) is 0 Å². The minimum Gasteiger partial charge on any atom is -0.400 e. The molecule has 0 unspecified atom stereocenters. The summed E-state index contributed by atoms with van der Waals surface area (Å²) in [7, 11) is 1.00. The summed E-state index contributed by atoms with van der Waals surface area (Å²) >= 11 is 0. The van der Waals surface area contributed by atoms with Gasteiger partial charge in [-0.05, 0) is 12.3 Å². The topological polar surface area (TPSA) is 40.5 Å². The summed E-state index contributed by atoms with van der Waals surface area (Å²) in [5.74, 6) is 0.387. The van der Waals surface area contributed by atoms with E-state index in [0.29, 0.717) is 5.92 Å². The van der Waals surface area contributed by atoms with Gasteiger partial charge in [0, 0.05) is 13.7 Å². The van der Waals surface area contributed by atoms with Crippen LogP contribution in [0.3, 0.4) is 0 Å². The van der Waals surface area contributed by atoms with Crippen LogP contribution in [-0.2, 0) is 0 Å². The predicted molar refractivity (Wildman–Crippen MR) is 39.2 cm³/mol. The molecule has 0 radical (unpaired) electrons. The fourth-order valence-electron chi connectivity index (χ4n) is 0.359. The smallest absolute Gasteiger partial charge is 0.0459 e. The molecule has 0 bridgehead atoms. The van der Waals surface area contributed by atoms with E-state index in [2.05, 4.69) is 6.58 Å². The van der Waals surface area contributed by atoms with Crippen LogP contribution in [0.2, 0.25) is 0 Å². The molecule has 0 aliphatic rings. The third-order valence-electron chi connectivity index (χ3n) is 0.881. The zero-order valence-electron chi connectivity index (χ0n) is 6.17. The maximum Gasteiger partial charge on any atom is 0.0459 e. The number of aliphatic hydroxyl groups is 2. The van der Waals surface area contributed by atoms with Gasteiger partial charge in [-0.2, -0.15) is 0 Å². The normalized spacial score (nSPS) is 11.1. The Labute approximate surface area is 56.8 Å². The van der Waals surface area contributed by atoms with Crippen LogP contribution < -0.4 is 0 Å². The van der Waals surface area contributed by atoms with Gasteiger partial charge in [0.15, 0.2) is 0 Å². The van der Waals surface area contributed by atoms with Crippen molar-refractivity contribution in [3.63, 3.8) is 0 Å². The van der Waals surface area contributed by atoms with Gasteiger partial charge >= 0.3 is 0 Å². The first-order valence-corrected chi connectivity index (χ1v) is 2.97. The number of allylic oxidation sites excluding steroid dienone is 1. The Morgan fingerprint density at radius 1 is 1.56 bits per heavy atom. The van der Waals surface area contributed by atoms with Gasteiger partial charge in [-0.1, -0.05) is 13.0 Å². The average Bonchev–Trinajstić information content (AvgIpc) is 1.93. The number of rotatable bonds is 3. The molecular weight excluding hydrogens is 116 g/mol. The van der Waals surface area contributed by atoms with Crippen molar-refractivity contribution in [1.82, 2.24) is 0 Å². The fraction of sp³-hybridized carbons (Fsp3) is 0.714. The SMILES string of the molecule is C=CC[C@H](C)CO.CO. The van der Waals surface area contributed by atoms with E-state index in [1.165, 1.54) is 0 Å². The standard InChI is InChI=1S/C6H12O.CH4O/c1-3-4-6(2)5-7;1-2/h3,6-7H,1,4-5H2,2H3;2H,1H3/t6-;/m0./s1. The predicted octanol–water partition coefficient (Wildman–Crippen LogP) is 0.799. The van der Waals surface area contributed by atoms with E-state index in [1.807, 2.05) is 13.0 Å². The van der Waals surface area contributed by atoms with Gasteiger partial charge in [0.2, 0.25) is 0 Å². The Bertz CT molecular complexity index is 52.9. The molecule has 0 aliphatic heterocycles. The molecule has 0 aromatic rings. The molecule has 2 N–H and O–H groups in total. The summed E-state index contributed by atoms with van der Waals surface area (Å²) < 4.78 is 0. The molecule has 56 valence electrons. The van der Waals surface area contributed by atoms with E-state index in [4.69, 9.17) is 10.2 Å². The lowest BCUT2D eigenvalue weighted by molar-refractivity contribution is 0.239. The van der Waals surface area contributed by atoms with Gasteiger partial charge in [-0.25, -0.2) is 0 Å². The molecule has 0 spiro atoms. The summed E-state index contributed by atoms with van der Waals surface area (Å²) in [5, 5.41) is 15.4. The van der Waals surface area contributed by atoms with Crippen molar-refractivity contribution in [2.45, 2.75) is 13.3 Å². The lowest BCUT2D eigenvalue weighted by atomic mass is 10.1. The van der Waals surface area contributed by atoms with E-state index < -0.39 is 0 Å². The van der Waals surface area contributed by atoms with Crippen molar-refractivity contribution >= 4 is 0 Å². The van der Waals surface area contributed by atoms with Crippen LogP contribution in [0, 0.1) is 5.92 Å². The molecule has 0 heterocycles. The van der Waals surface area contributed by atoms with Gasteiger partial charge in [-0.3, -0.25) is 0 Å². The molecule has 2 heteroatoms. The summed E-state index contributed by atoms with van der Waals surface area (Å²) in [6.45, 7) is 5.80.